The van der Waals surface area contributed by atoms with Gasteiger partial charge in [0.05, 0.1) is 6.54 Å². The van der Waals surface area contributed by atoms with Gasteiger partial charge < -0.3 is 16.4 Å². The van der Waals surface area contributed by atoms with Crippen molar-refractivity contribution in [2.45, 2.75) is 25.8 Å². The average molecular weight is 353 g/mol. The van der Waals surface area contributed by atoms with Gasteiger partial charge in [-0.1, -0.05) is 49.4 Å². The van der Waals surface area contributed by atoms with Crippen LogP contribution in [0.5, 0.6) is 0 Å². The van der Waals surface area contributed by atoms with Crippen molar-refractivity contribution >= 4 is 17.7 Å². The van der Waals surface area contributed by atoms with E-state index in [0.29, 0.717) is 18.5 Å². The number of carbonyl (C=O) groups is 3. The van der Waals surface area contributed by atoms with Crippen LogP contribution in [-0.4, -0.2) is 24.3 Å². The monoisotopic (exact) mass is 353 g/mol. The molecule has 6 nitrogen and oxygen atoms in total. The molecule has 136 valence electrons. The molecule has 0 aromatic heterocycles. The first-order valence-corrected chi connectivity index (χ1v) is 8.43. The number of carbonyl (C=O) groups excluding carboxylic acids is 3. The Labute approximate surface area is 152 Å². The maximum atomic E-state index is 12.1. The second-order valence-corrected chi connectivity index (χ2v) is 6.14. The van der Waals surface area contributed by atoms with Crippen LogP contribution in [0.15, 0.2) is 54.6 Å². The van der Waals surface area contributed by atoms with Gasteiger partial charge >= 0.3 is 0 Å². The molecule has 3 amide bonds. The molecule has 2 rings (SSSR count). The van der Waals surface area contributed by atoms with Gasteiger partial charge in [-0.2, -0.15) is 0 Å². The number of amides is 3. The fourth-order valence-electron chi connectivity index (χ4n) is 2.49. The summed E-state index contributed by atoms with van der Waals surface area (Å²) < 4.78 is 0. The van der Waals surface area contributed by atoms with E-state index in [0.717, 1.165) is 11.1 Å². The molecule has 6 heteroatoms. The van der Waals surface area contributed by atoms with Crippen LogP contribution in [0.1, 0.15) is 40.7 Å². The summed E-state index contributed by atoms with van der Waals surface area (Å²) in [5.74, 6) is -0.837. The molecule has 0 aliphatic rings. The Kier molecular flexibility index (Phi) is 6.91. The summed E-state index contributed by atoms with van der Waals surface area (Å²) in [6.07, 6.45) is 0.414. The molecule has 4 N–H and O–H groups in total. The predicted molar refractivity (Wildman–Crippen MR) is 99.3 cm³/mol. The highest BCUT2D eigenvalue weighted by atomic mass is 16.2. The van der Waals surface area contributed by atoms with Crippen molar-refractivity contribution in [3.05, 3.63) is 71.3 Å². The number of primary amides is 1. The van der Waals surface area contributed by atoms with Gasteiger partial charge in [-0.3, -0.25) is 14.4 Å². The molecule has 0 fully saturated rings. The average Bonchev–Trinajstić information content (AvgIpc) is 2.65. The molecule has 0 spiro atoms. The highest BCUT2D eigenvalue weighted by Gasteiger charge is 2.11. The third-order valence-electron chi connectivity index (χ3n) is 3.99. The van der Waals surface area contributed by atoms with Crippen LogP contribution in [0.4, 0.5) is 0 Å². The second-order valence-electron chi connectivity index (χ2n) is 6.14. The van der Waals surface area contributed by atoms with Gasteiger partial charge in [-0.05, 0) is 29.2 Å². The zero-order valence-corrected chi connectivity index (χ0v) is 14.7. The molecule has 0 saturated heterocycles. The third-order valence-corrected chi connectivity index (χ3v) is 3.99. The van der Waals surface area contributed by atoms with Gasteiger partial charge in [0.25, 0.3) is 5.91 Å². The fraction of sp³-hybridized carbons (Fsp3) is 0.250. The molecule has 0 unspecified atom stereocenters. The molecule has 2 aromatic carbocycles. The van der Waals surface area contributed by atoms with Crippen molar-refractivity contribution in [2.75, 3.05) is 6.54 Å². The van der Waals surface area contributed by atoms with Gasteiger partial charge in [-0.25, -0.2) is 0 Å². The van der Waals surface area contributed by atoms with Crippen LogP contribution >= 0.6 is 0 Å². The van der Waals surface area contributed by atoms with Gasteiger partial charge in [0.2, 0.25) is 11.8 Å². The number of nitrogens with one attached hydrogen (secondary N) is 2. The van der Waals surface area contributed by atoms with Crippen molar-refractivity contribution in [3.63, 3.8) is 0 Å². The van der Waals surface area contributed by atoms with Crippen molar-refractivity contribution in [1.29, 1.82) is 0 Å². The van der Waals surface area contributed by atoms with E-state index >= 15 is 0 Å². The van der Waals surface area contributed by atoms with Gasteiger partial charge in [0.1, 0.15) is 0 Å². The fourth-order valence-corrected chi connectivity index (χ4v) is 2.49. The van der Waals surface area contributed by atoms with E-state index < -0.39 is 5.91 Å². The van der Waals surface area contributed by atoms with E-state index in [-0.39, 0.29) is 24.3 Å². The summed E-state index contributed by atoms with van der Waals surface area (Å²) in [6, 6.07) is 16.7. The van der Waals surface area contributed by atoms with Crippen LogP contribution in [-0.2, 0) is 16.1 Å². The minimum atomic E-state index is -0.595. The van der Waals surface area contributed by atoms with Gasteiger partial charge in [0, 0.05) is 18.5 Å². The Morgan fingerprint density at radius 3 is 2.23 bits per heavy atom. The standard InChI is InChI=1S/C20H23N3O3/c1-14(16-5-3-2-4-6-16)11-19(25)22-12-15-7-9-17(10-8-15)20(26)23-13-18(21)24/h2-10,14H,11-13H2,1H3,(H2,21,24)(H,22,25)(H,23,26)/t14-/m0/s1. The molecular weight excluding hydrogens is 330 g/mol. The van der Waals surface area contributed by atoms with Crippen molar-refractivity contribution < 1.29 is 14.4 Å². The van der Waals surface area contributed by atoms with Crippen molar-refractivity contribution in [2.24, 2.45) is 5.73 Å². The van der Waals surface area contributed by atoms with Gasteiger partial charge in [0.15, 0.2) is 0 Å². The summed E-state index contributed by atoms with van der Waals surface area (Å²) in [4.78, 5) is 34.6. The zero-order chi connectivity index (χ0) is 18.9. The van der Waals surface area contributed by atoms with Crippen LogP contribution in [0, 0.1) is 0 Å². The molecule has 0 saturated carbocycles. The van der Waals surface area contributed by atoms with Crippen LogP contribution < -0.4 is 16.4 Å². The van der Waals surface area contributed by atoms with Crippen molar-refractivity contribution in [3.8, 4) is 0 Å². The van der Waals surface area contributed by atoms with Gasteiger partial charge in [-0.15, -0.1) is 0 Å². The van der Waals surface area contributed by atoms with E-state index in [4.69, 9.17) is 5.73 Å². The Bertz CT molecular complexity index is 758. The Balaban J connectivity index is 1.81. The lowest BCUT2D eigenvalue weighted by molar-refractivity contribution is -0.121. The number of hydrogen-bond acceptors (Lipinski definition) is 3. The molecule has 0 heterocycles. The van der Waals surface area contributed by atoms with E-state index in [1.165, 1.54) is 0 Å². The lowest BCUT2D eigenvalue weighted by Gasteiger charge is -2.12. The first-order chi connectivity index (χ1) is 12.5. The number of hydrogen-bond donors (Lipinski definition) is 3. The van der Waals surface area contributed by atoms with Crippen molar-refractivity contribution in [1.82, 2.24) is 10.6 Å². The zero-order valence-electron chi connectivity index (χ0n) is 14.7. The SMILES string of the molecule is C[C@@H](CC(=O)NCc1ccc(C(=O)NCC(N)=O)cc1)c1ccccc1. The summed E-state index contributed by atoms with van der Waals surface area (Å²) >= 11 is 0. The Morgan fingerprint density at radius 1 is 0.962 bits per heavy atom. The van der Waals surface area contributed by atoms with E-state index in [9.17, 15) is 14.4 Å². The second kappa shape index (κ2) is 9.36. The van der Waals surface area contributed by atoms with Crippen LogP contribution in [0.2, 0.25) is 0 Å². The van der Waals surface area contributed by atoms with Crippen LogP contribution in [0.3, 0.4) is 0 Å². The molecule has 2 aromatic rings. The maximum absolute atomic E-state index is 12.1. The molecule has 0 aliphatic heterocycles. The molecule has 0 bridgehead atoms. The maximum Gasteiger partial charge on any atom is 0.251 e. The quantitative estimate of drug-likeness (QED) is 0.673. The third kappa shape index (κ3) is 6.05. The Morgan fingerprint density at radius 2 is 1.62 bits per heavy atom. The normalized spacial score (nSPS) is 11.4. The molecule has 0 aliphatic carbocycles. The summed E-state index contributed by atoms with van der Waals surface area (Å²) in [7, 11) is 0. The highest BCUT2D eigenvalue weighted by Crippen LogP contribution is 2.18. The number of benzene rings is 2. The largest absolute Gasteiger partial charge is 0.368 e. The first kappa shape index (κ1) is 19.2. The highest BCUT2D eigenvalue weighted by molar-refractivity contribution is 5.96. The predicted octanol–water partition coefficient (Wildman–Crippen LogP) is 1.71. The van der Waals surface area contributed by atoms with Crippen LogP contribution in [0.25, 0.3) is 0 Å². The Hall–Kier alpha value is -3.15. The minimum absolute atomic E-state index is 0.0235. The first-order valence-electron chi connectivity index (χ1n) is 8.43. The molecule has 1 atom stereocenters. The number of nitrogens with two attached hydrogens (primary N) is 1. The van der Waals surface area contributed by atoms with E-state index in [1.807, 2.05) is 37.3 Å². The summed E-state index contributed by atoms with van der Waals surface area (Å²) in [6.45, 7) is 2.22. The lowest BCUT2D eigenvalue weighted by atomic mass is 9.97. The summed E-state index contributed by atoms with van der Waals surface area (Å²) in [5, 5.41) is 5.31. The topological polar surface area (TPSA) is 101 Å². The molecular formula is C20H23N3O3. The number of rotatable bonds is 8. The minimum Gasteiger partial charge on any atom is -0.368 e. The van der Waals surface area contributed by atoms with E-state index in [2.05, 4.69) is 10.6 Å². The molecule has 26 heavy (non-hydrogen) atoms. The lowest BCUT2D eigenvalue weighted by Crippen LogP contribution is -2.33. The molecule has 0 radical (unpaired) electrons. The van der Waals surface area contributed by atoms with E-state index in [1.54, 1.807) is 24.3 Å². The summed E-state index contributed by atoms with van der Waals surface area (Å²) in [5.41, 5.74) is 7.44. The smallest absolute Gasteiger partial charge is 0.251 e.